The SMILES string of the molecule is CCOC(=O)C(F)([Se]c1ccccc1)C(=O)OCC. The summed E-state index contributed by atoms with van der Waals surface area (Å²) in [7, 11) is 0. The molecular formula is C13H15FO4Se. The molecule has 0 amide bonds. The van der Waals surface area contributed by atoms with Crippen molar-refractivity contribution in [1.82, 2.24) is 0 Å². The van der Waals surface area contributed by atoms with E-state index < -0.39 is 31.5 Å². The minimum absolute atomic E-state index is 0.00871. The first-order chi connectivity index (χ1) is 9.04. The molecular weight excluding hydrogens is 318 g/mol. The summed E-state index contributed by atoms with van der Waals surface area (Å²) in [4.78, 5) is 23.4. The summed E-state index contributed by atoms with van der Waals surface area (Å²) in [6, 6.07) is 8.52. The maximum atomic E-state index is 14.7. The molecule has 4 nitrogen and oxygen atoms in total. The summed E-state index contributed by atoms with van der Waals surface area (Å²) >= 11 is -1.05. The quantitative estimate of drug-likeness (QED) is 0.439. The Morgan fingerprint density at radius 3 is 2.00 bits per heavy atom. The Kier molecular flexibility index (Phi) is 5.99. The van der Waals surface area contributed by atoms with Crippen molar-refractivity contribution in [3.8, 4) is 0 Å². The number of halogens is 1. The summed E-state index contributed by atoms with van der Waals surface area (Å²) in [5.41, 5.74) is 0. The van der Waals surface area contributed by atoms with Gasteiger partial charge in [-0.25, -0.2) is 0 Å². The number of carbonyl (C=O) groups is 2. The van der Waals surface area contributed by atoms with Gasteiger partial charge in [-0.2, -0.15) is 0 Å². The predicted molar refractivity (Wildman–Crippen MR) is 68.9 cm³/mol. The molecule has 0 heterocycles. The molecule has 0 unspecified atom stereocenters. The molecule has 0 spiro atoms. The second kappa shape index (κ2) is 7.26. The van der Waals surface area contributed by atoms with Crippen molar-refractivity contribution in [3.05, 3.63) is 30.3 Å². The van der Waals surface area contributed by atoms with Crippen molar-refractivity contribution in [1.29, 1.82) is 0 Å². The number of rotatable bonds is 6. The van der Waals surface area contributed by atoms with Crippen LogP contribution < -0.4 is 4.46 Å². The second-order valence-electron chi connectivity index (χ2n) is 3.45. The summed E-state index contributed by atoms with van der Waals surface area (Å²) < 4.78 is 21.9. The molecule has 0 atom stereocenters. The van der Waals surface area contributed by atoms with Gasteiger partial charge in [-0.05, 0) is 0 Å². The topological polar surface area (TPSA) is 52.6 Å². The van der Waals surface area contributed by atoms with Crippen LogP contribution in [0.3, 0.4) is 0 Å². The van der Waals surface area contributed by atoms with Gasteiger partial charge in [0.25, 0.3) is 0 Å². The van der Waals surface area contributed by atoms with E-state index in [-0.39, 0.29) is 13.2 Å². The first-order valence-corrected chi connectivity index (χ1v) is 7.53. The average molecular weight is 333 g/mol. The van der Waals surface area contributed by atoms with Crippen molar-refractivity contribution >= 4 is 31.4 Å². The van der Waals surface area contributed by atoms with Gasteiger partial charge >= 0.3 is 117 Å². The van der Waals surface area contributed by atoms with Gasteiger partial charge in [-0.3, -0.25) is 0 Å². The van der Waals surface area contributed by atoms with Gasteiger partial charge < -0.3 is 0 Å². The molecule has 0 radical (unpaired) electrons. The van der Waals surface area contributed by atoms with Crippen LogP contribution in [0.15, 0.2) is 30.3 Å². The van der Waals surface area contributed by atoms with Crippen LogP contribution in [0.5, 0.6) is 0 Å². The van der Waals surface area contributed by atoms with Gasteiger partial charge in [-0.15, -0.1) is 0 Å². The summed E-state index contributed by atoms with van der Waals surface area (Å²) in [6.07, 6.45) is 0. The van der Waals surface area contributed by atoms with E-state index >= 15 is 0 Å². The van der Waals surface area contributed by atoms with E-state index in [2.05, 4.69) is 9.47 Å². The number of benzene rings is 1. The molecule has 19 heavy (non-hydrogen) atoms. The third-order valence-electron chi connectivity index (χ3n) is 2.08. The minimum atomic E-state index is -2.74. The van der Waals surface area contributed by atoms with Gasteiger partial charge in [0.1, 0.15) is 0 Å². The molecule has 1 aromatic carbocycles. The first-order valence-electron chi connectivity index (χ1n) is 5.82. The Bertz CT molecular complexity index is 418. The molecule has 104 valence electrons. The fraction of sp³-hybridized carbons (Fsp3) is 0.385. The van der Waals surface area contributed by atoms with Crippen molar-refractivity contribution in [2.24, 2.45) is 0 Å². The molecule has 0 N–H and O–H groups in total. The van der Waals surface area contributed by atoms with Gasteiger partial charge in [0, 0.05) is 0 Å². The third kappa shape index (κ3) is 4.04. The van der Waals surface area contributed by atoms with Crippen molar-refractivity contribution in [3.63, 3.8) is 0 Å². The Morgan fingerprint density at radius 2 is 1.58 bits per heavy atom. The number of alkyl halides is 1. The number of hydrogen-bond donors (Lipinski definition) is 0. The van der Waals surface area contributed by atoms with Crippen molar-refractivity contribution in [2.45, 2.75) is 18.4 Å². The Hall–Kier alpha value is -1.39. The van der Waals surface area contributed by atoms with E-state index in [1.807, 2.05) is 0 Å². The molecule has 1 rings (SSSR count). The van der Waals surface area contributed by atoms with Gasteiger partial charge in [0.15, 0.2) is 0 Å². The summed E-state index contributed by atoms with van der Waals surface area (Å²) in [5, 5.41) is 0. The van der Waals surface area contributed by atoms with Crippen LogP contribution in [0, 0.1) is 0 Å². The van der Waals surface area contributed by atoms with E-state index in [0.29, 0.717) is 4.46 Å². The molecule has 0 aliphatic carbocycles. The molecule has 0 aliphatic heterocycles. The monoisotopic (exact) mass is 334 g/mol. The van der Waals surface area contributed by atoms with Crippen LogP contribution in [-0.4, -0.2) is 44.7 Å². The molecule has 0 bridgehead atoms. The van der Waals surface area contributed by atoms with Crippen LogP contribution in [0.2, 0.25) is 0 Å². The number of carbonyl (C=O) groups excluding carboxylic acids is 2. The molecule has 0 fully saturated rings. The van der Waals surface area contributed by atoms with Crippen molar-refractivity contribution in [2.75, 3.05) is 13.2 Å². The van der Waals surface area contributed by atoms with E-state index in [1.165, 1.54) is 0 Å². The van der Waals surface area contributed by atoms with Crippen LogP contribution in [0.1, 0.15) is 13.8 Å². The molecule has 1 aromatic rings. The standard InChI is InChI=1S/C13H15FO4Se/c1-3-17-11(15)13(14,12(16)18-4-2)19-10-8-6-5-7-9-10/h5-9H,3-4H2,1-2H3. The van der Waals surface area contributed by atoms with Crippen LogP contribution in [-0.2, 0) is 19.1 Å². The number of ether oxygens (including phenoxy) is 2. The number of hydrogen-bond acceptors (Lipinski definition) is 4. The summed E-state index contributed by atoms with van der Waals surface area (Å²) in [5.74, 6) is -2.37. The predicted octanol–water partition coefficient (Wildman–Crippen LogP) is 0.808. The van der Waals surface area contributed by atoms with E-state index in [4.69, 9.17) is 0 Å². The zero-order valence-corrected chi connectivity index (χ0v) is 12.4. The van der Waals surface area contributed by atoms with Crippen LogP contribution >= 0.6 is 0 Å². The molecule has 0 saturated carbocycles. The zero-order valence-electron chi connectivity index (χ0n) is 10.7. The number of esters is 2. The molecule has 0 saturated heterocycles. The Labute approximate surface area is 117 Å². The Morgan fingerprint density at radius 1 is 1.11 bits per heavy atom. The van der Waals surface area contributed by atoms with Crippen LogP contribution in [0.25, 0.3) is 0 Å². The van der Waals surface area contributed by atoms with E-state index in [9.17, 15) is 14.0 Å². The molecule has 0 aliphatic rings. The fourth-order valence-corrected chi connectivity index (χ4v) is 3.16. The van der Waals surface area contributed by atoms with E-state index in [0.717, 1.165) is 0 Å². The fourth-order valence-electron chi connectivity index (χ4n) is 1.27. The van der Waals surface area contributed by atoms with E-state index in [1.54, 1.807) is 44.2 Å². The molecule has 6 heteroatoms. The first kappa shape index (κ1) is 15.7. The summed E-state index contributed by atoms with van der Waals surface area (Å²) in [6.45, 7) is 3.13. The van der Waals surface area contributed by atoms with Gasteiger partial charge in [-0.1, -0.05) is 0 Å². The second-order valence-corrected chi connectivity index (χ2v) is 6.05. The molecule has 0 aromatic heterocycles. The van der Waals surface area contributed by atoms with Gasteiger partial charge in [0.05, 0.1) is 0 Å². The van der Waals surface area contributed by atoms with Crippen LogP contribution in [0.4, 0.5) is 4.39 Å². The van der Waals surface area contributed by atoms with Crippen molar-refractivity contribution < 1.29 is 23.5 Å². The zero-order chi connectivity index (χ0) is 14.3. The van der Waals surface area contributed by atoms with Gasteiger partial charge in [0.2, 0.25) is 0 Å². The Balaban J connectivity index is 2.98. The maximum absolute atomic E-state index is 14.7. The third-order valence-corrected chi connectivity index (χ3v) is 4.43. The normalized spacial score (nSPS) is 10.9. The average Bonchev–Trinajstić information content (AvgIpc) is 2.40.